The number of hydrogen-bond acceptors (Lipinski definition) is 7. The average Bonchev–Trinajstić information content (AvgIpc) is 3.39. The van der Waals surface area contributed by atoms with Gasteiger partial charge in [0.15, 0.2) is 17.3 Å². The lowest BCUT2D eigenvalue weighted by atomic mass is 10.2. The molecule has 0 bridgehead atoms. The van der Waals surface area contributed by atoms with Gasteiger partial charge >= 0.3 is 0 Å². The van der Waals surface area contributed by atoms with Crippen molar-refractivity contribution in [2.45, 2.75) is 0 Å². The van der Waals surface area contributed by atoms with E-state index in [0.717, 1.165) is 16.1 Å². The molecule has 0 amide bonds. The SMILES string of the molecule is C=CCN=c1scc(-c2ccco2)n1/N=C/c1ccc(OC)c(OC)c1OC. The third-order valence-corrected chi connectivity index (χ3v) is 4.72. The molecule has 0 saturated carbocycles. The normalized spacial score (nSPS) is 11.8. The Labute approximate surface area is 166 Å². The number of rotatable bonds is 8. The van der Waals surface area contributed by atoms with Gasteiger partial charge in [-0.2, -0.15) is 5.10 Å². The number of furan rings is 1. The van der Waals surface area contributed by atoms with Crippen LogP contribution in [0, 0.1) is 0 Å². The molecule has 0 fully saturated rings. The van der Waals surface area contributed by atoms with Gasteiger partial charge in [0.25, 0.3) is 0 Å². The molecule has 0 N–H and O–H groups in total. The maximum Gasteiger partial charge on any atom is 0.206 e. The van der Waals surface area contributed by atoms with Crippen LogP contribution in [-0.2, 0) is 0 Å². The minimum absolute atomic E-state index is 0.493. The van der Waals surface area contributed by atoms with E-state index in [1.807, 2.05) is 23.6 Å². The summed E-state index contributed by atoms with van der Waals surface area (Å²) in [4.78, 5) is 5.23. The fraction of sp³-hybridized carbons (Fsp3) is 0.200. The Kier molecular flexibility index (Phi) is 6.33. The van der Waals surface area contributed by atoms with Crippen molar-refractivity contribution in [3.05, 3.63) is 58.9 Å². The van der Waals surface area contributed by atoms with Gasteiger partial charge < -0.3 is 18.6 Å². The van der Waals surface area contributed by atoms with Gasteiger partial charge in [0, 0.05) is 10.9 Å². The molecule has 0 aliphatic heterocycles. The molecule has 1 aromatic carbocycles. The van der Waals surface area contributed by atoms with E-state index in [-0.39, 0.29) is 0 Å². The number of aromatic nitrogens is 1. The van der Waals surface area contributed by atoms with E-state index in [0.29, 0.717) is 29.6 Å². The zero-order valence-electron chi connectivity index (χ0n) is 15.9. The first kappa shape index (κ1) is 19.5. The highest BCUT2D eigenvalue weighted by atomic mass is 32.1. The van der Waals surface area contributed by atoms with Crippen LogP contribution in [0.4, 0.5) is 0 Å². The number of methoxy groups -OCH3 is 3. The Morgan fingerprint density at radius 1 is 1.14 bits per heavy atom. The summed E-state index contributed by atoms with van der Waals surface area (Å²) >= 11 is 1.47. The van der Waals surface area contributed by atoms with Crippen LogP contribution in [0.15, 0.2) is 63.1 Å². The monoisotopic (exact) mass is 399 g/mol. The number of benzene rings is 1. The highest BCUT2D eigenvalue weighted by Gasteiger charge is 2.15. The minimum Gasteiger partial charge on any atom is -0.493 e. The lowest BCUT2D eigenvalue weighted by Gasteiger charge is -2.13. The van der Waals surface area contributed by atoms with Crippen LogP contribution < -0.4 is 19.0 Å². The van der Waals surface area contributed by atoms with Gasteiger partial charge in [-0.25, -0.2) is 4.68 Å². The third-order valence-electron chi connectivity index (χ3n) is 3.86. The lowest BCUT2D eigenvalue weighted by molar-refractivity contribution is 0.324. The summed E-state index contributed by atoms with van der Waals surface area (Å²) in [5, 5.41) is 6.57. The van der Waals surface area contributed by atoms with Crippen molar-refractivity contribution < 1.29 is 18.6 Å². The van der Waals surface area contributed by atoms with Gasteiger partial charge in [-0.05, 0) is 24.3 Å². The lowest BCUT2D eigenvalue weighted by Crippen LogP contribution is -2.12. The molecule has 0 spiro atoms. The first-order chi connectivity index (χ1) is 13.7. The molecule has 0 aliphatic rings. The Balaban J connectivity index is 2.10. The summed E-state index contributed by atoms with van der Waals surface area (Å²) < 4.78 is 23.5. The molecule has 28 heavy (non-hydrogen) atoms. The van der Waals surface area contributed by atoms with Crippen molar-refractivity contribution in [2.75, 3.05) is 27.9 Å². The molecule has 0 atom stereocenters. The van der Waals surface area contributed by atoms with E-state index in [1.54, 1.807) is 50.6 Å². The highest BCUT2D eigenvalue weighted by Crippen LogP contribution is 2.39. The molecule has 0 saturated heterocycles. The first-order valence-electron chi connectivity index (χ1n) is 8.42. The van der Waals surface area contributed by atoms with Crippen molar-refractivity contribution in [3.63, 3.8) is 0 Å². The molecule has 3 aromatic rings. The van der Waals surface area contributed by atoms with Crippen molar-refractivity contribution in [1.29, 1.82) is 0 Å². The molecule has 8 heteroatoms. The Morgan fingerprint density at radius 2 is 1.96 bits per heavy atom. The summed E-state index contributed by atoms with van der Waals surface area (Å²) in [7, 11) is 4.72. The molecule has 0 aliphatic carbocycles. The summed E-state index contributed by atoms with van der Waals surface area (Å²) in [6.45, 7) is 4.21. The number of nitrogens with zero attached hydrogens (tertiary/aromatic N) is 3. The number of ether oxygens (including phenoxy) is 3. The van der Waals surface area contributed by atoms with Gasteiger partial charge in [0.2, 0.25) is 10.6 Å². The quantitative estimate of drug-likeness (QED) is 0.427. The predicted octanol–water partition coefficient (Wildman–Crippen LogP) is 3.80. The number of thiazole rings is 1. The van der Waals surface area contributed by atoms with Crippen LogP contribution in [0.5, 0.6) is 17.2 Å². The van der Waals surface area contributed by atoms with E-state index in [2.05, 4.69) is 16.7 Å². The molecular formula is C20H21N3O4S. The molecule has 2 aromatic heterocycles. The van der Waals surface area contributed by atoms with Crippen LogP contribution in [0.2, 0.25) is 0 Å². The first-order valence-corrected chi connectivity index (χ1v) is 9.30. The molecule has 7 nitrogen and oxygen atoms in total. The van der Waals surface area contributed by atoms with Crippen LogP contribution in [0.1, 0.15) is 5.56 Å². The largest absolute Gasteiger partial charge is 0.493 e. The standard InChI is InChI=1S/C20H21N3O4S/c1-5-10-21-20-23(15(13-28-20)16-7-6-11-27-16)22-12-14-8-9-17(24-2)19(26-4)18(14)25-3/h5-9,11-13H,1,10H2,2-4H3/b21-20?,22-12+. The smallest absolute Gasteiger partial charge is 0.206 e. The predicted molar refractivity (Wildman–Crippen MR) is 110 cm³/mol. The molecular weight excluding hydrogens is 378 g/mol. The second-order valence-electron chi connectivity index (χ2n) is 5.49. The molecule has 0 radical (unpaired) electrons. The highest BCUT2D eigenvalue weighted by molar-refractivity contribution is 7.07. The van der Waals surface area contributed by atoms with Crippen LogP contribution in [0.25, 0.3) is 11.5 Å². The third kappa shape index (κ3) is 3.86. The van der Waals surface area contributed by atoms with Crippen LogP contribution >= 0.6 is 11.3 Å². The molecule has 146 valence electrons. The van der Waals surface area contributed by atoms with Gasteiger partial charge in [-0.1, -0.05) is 6.08 Å². The second kappa shape index (κ2) is 9.09. The van der Waals surface area contributed by atoms with Gasteiger partial charge in [0.05, 0.1) is 40.4 Å². The van der Waals surface area contributed by atoms with Crippen molar-refractivity contribution in [3.8, 4) is 28.7 Å². The zero-order valence-corrected chi connectivity index (χ0v) is 16.7. The van der Waals surface area contributed by atoms with Gasteiger partial charge in [-0.3, -0.25) is 4.99 Å². The Morgan fingerprint density at radius 3 is 2.61 bits per heavy atom. The number of hydrogen-bond donors (Lipinski definition) is 0. The van der Waals surface area contributed by atoms with Crippen molar-refractivity contribution in [2.24, 2.45) is 10.1 Å². The fourth-order valence-electron chi connectivity index (χ4n) is 2.60. The van der Waals surface area contributed by atoms with Crippen LogP contribution in [0.3, 0.4) is 0 Å². The summed E-state index contributed by atoms with van der Waals surface area (Å²) in [6.07, 6.45) is 5.05. The van der Waals surface area contributed by atoms with Crippen molar-refractivity contribution >= 4 is 17.6 Å². The van der Waals surface area contributed by atoms with E-state index >= 15 is 0 Å². The van der Waals surface area contributed by atoms with E-state index in [9.17, 15) is 0 Å². The molecule has 3 rings (SSSR count). The van der Waals surface area contributed by atoms with E-state index in [4.69, 9.17) is 18.6 Å². The average molecular weight is 399 g/mol. The van der Waals surface area contributed by atoms with Gasteiger partial charge in [0.1, 0.15) is 5.69 Å². The topological polar surface area (TPSA) is 70.5 Å². The minimum atomic E-state index is 0.493. The van der Waals surface area contributed by atoms with Gasteiger partial charge in [-0.15, -0.1) is 17.9 Å². The fourth-order valence-corrected chi connectivity index (χ4v) is 3.43. The summed E-state index contributed by atoms with van der Waals surface area (Å²) in [5.74, 6) is 2.32. The maximum absolute atomic E-state index is 5.53. The zero-order chi connectivity index (χ0) is 19.9. The Bertz CT molecular complexity index is 1030. The second-order valence-corrected chi connectivity index (χ2v) is 6.33. The van der Waals surface area contributed by atoms with Crippen LogP contribution in [-0.4, -0.2) is 38.8 Å². The summed E-state index contributed by atoms with van der Waals surface area (Å²) in [5.41, 5.74) is 1.53. The Hall–Kier alpha value is -3.26. The molecule has 2 heterocycles. The van der Waals surface area contributed by atoms with E-state index in [1.165, 1.54) is 11.3 Å². The molecule has 0 unspecified atom stereocenters. The van der Waals surface area contributed by atoms with E-state index < -0.39 is 0 Å². The van der Waals surface area contributed by atoms with Crippen molar-refractivity contribution in [1.82, 2.24) is 4.68 Å². The maximum atomic E-state index is 5.53. The summed E-state index contributed by atoms with van der Waals surface area (Å²) in [6, 6.07) is 7.36.